The van der Waals surface area contributed by atoms with Gasteiger partial charge in [0.05, 0.1) is 5.41 Å². The molecule has 0 fully saturated rings. The summed E-state index contributed by atoms with van der Waals surface area (Å²) < 4.78 is 4.48. The predicted molar refractivity (Wildman–Crippen MR) is 60.8 cm³/mol. The second kappa shape index (κ2) is 5.61. The second-order valence-corrected chi connectivity index (χ2v) is 5.51. The van der Waals surface area contributed by atoms with Gasteiger partial charge in [0.1, 0.15) is 0 Å². The highest BCUT2D eigenvalue weighted by atomic mass is 27.0. The van der Waals surface area contributed by atoms with Crippen LogP contribution in [-0.4, -0.2) is 35.1 Å². The number of Topliss-reactive ketones (excluding diaryl/α,β-unsaturated/α-hetero) is 1. The van der Waals surface area contributed by atoms with Gasteiger partial charge in [0.15, 0.2) is 0 Å². The van der Waals surface area contributed by atoms with Gasteiger partial charge in [-0.15, -0.1) is 0 Å². The molecular weight excluding hydrogens is 223 g/mol. The molecule has 0 atom stereocenters. The van der Waals surface area contributed by atoms with E-state index in [0.717, 1.165) is 0 Å². The first-order valence-electron chi connectivity index (χ1n) is 4.77. The summed E-state index contributed by atoms with van der Waals surface area (Å²) in [5.41, 5.74) is -1.61. The van der Waals surface area contributed by atoms with Crippen LogP contribution in [0.4, 0.5) is 0 Å². The highest BCUT2D eigenvalue weighted by molar-refractivity contribution is 6.37. The van der Waals surface area contributed by atoms with Crippen LogP contribution in [0.15, 0.2) is 0 Å². The fraction of sp³-hybridized carbons (Fsp3) is 0.727. The number of ketones is 1. The van der Waals surface area contributed by atoms with Crippen molar-refractivity contribution in [3.8, 4) is 0 Å². The molecule has 0 saturated carbocycles. The molecule has 16 heavy (non-hydrogen) atoms. The Hall–Kier alpha value is -0.658. The van der Waals surface area contributed by atoms with Crippen molar-refractivity contribution in [3.63, 3.8) is 0 Å². The van der Waals surface area contributed by atoms with Crippen molar-refractivity contribution in [3.05, 3.63) is 0 Å². The van der Waals surface area contributed by atoms with Gasteiger partial charge in [-0.25, -0.2) is 4.79 Å². The average Bonchev–Trinajstić information content (AvgIpc) is 1.99. The molecule has 0 N–H and O–H groups in total. The third-order valence-electron chi connectivity index (χ3n) is 1.66. The van der Waals surface area contributed by atoms with Crippen molar-refractivity contribution in [2.24, 2.45) is 10.8 Å². The van der Waals surface area contributed by atoms with Crippen molar-refractivity contribution in [1.82, 2.24) is 0 Å². The van der Waals surface area contributed by atoms with Crippen LogP contribution in [0.25, 0.3) is 0 Å². The molecule has 89 valence electrons. The Bertz CT molecular complexity index is 294. The lowest BCUT2D eigenvalue weighted by molar-refractivity contribution is -0.170. The minimum absolute atomic E-state index is 0. The van der Waals surface area contributed by atoms with Crippen LogP contribution in [0, 0.1) is 10.8 Å². The first-order chi connectivity index (χ1) is 6.46. The Morgan fingerprint density at radius 3 is 1.44 bits per heavy atom. The maximum absolute atomic E-state index is 11.4. The van der Waals surface area contributed by atoms with E-state index in [-0.39, 0.29) is 17.4 Å². The Morgan fingerprint density at radius 2 is 1.19 bits per heavy atom. The number of rotatable bonds is 1. The first-order valence-corrected chi connectivity index (χ1v) is 4.77. The highest BCUT2D eigenvalue weighted by Crippen LogP contribution is 2.18. The van der Waals surface area contributed by atoms with Crippen molar-refractivity contribution >= 4 is 35.1 Å². The van der Waals surface area contributed by atoms with E-state index in [2.05, 4.69) is 4.74 Å². The predicted octanol–water partition coefficient (Wildman–Crippen LogP) is 1.34. The lowest BCUT2D eigenvalue weighted by Crippen LogP contribution is -2.35. The SMILES string of the molecule is CC(C)(C)C(=O)OC(=O)C(=O)C(C)(C)C.[Al]. The van der Waals surface area contributed by atoms with Gasteiger partial charge in [-0.3, -0.25) is 9.59 Å². The summed E-state index contributed by atoms with van der Waals surface area (Å²) in [5, 5.41) is 0. The number of carbonyl (C=O) groups is 3. The zero-order valence-corrected chi connectivity index (χ0v) is 11.9. The molecule has 3 radical (unpaired) electrons. The van der Waals surface area contributed by atoms with E-state index >= 15 is 0 Å². The van der Waals surface area contributed by atoms with Crippen LogP contribution in [0.2, 0.25) is 0 Å². The monoisotopic (exact) mass is 241 g/mol. The van der Waals surface area contributed by atoms with Crippen LogP contribution in [0.1, 0.15) is 41.5 Å². The van der Waals surface area contributed by atoms with Crippen molar-refractivity contribution in [2.75, 3.05) is 0 Å². The number of ether oxygens (including phenoxy) is 1. The molecule has 0 aromatic rings. The average molecular weight is 241 g/mol. The van der Waals surface area contributed by atoms with Gasteiger partial charge in [0.2, 0.25) is 5.78 Å². The minimum atomic E-state index is -1.08. The van der Waals surface area contributed by atoms with Gasteiger partial charge < -0.3 is 4.74 Å². The summed E-state index contributed by atoms with van der Waals surface area (Å²) in [6.45, 7) is 9.63. The number of hydrogen-bond donors (Lipinski definition) is 0. The first kappa shape index (κ1) is 17.7. The van der Waals surface area contributed by atoms with Gasteiger partial charge in [0, 0.05) is 22.8 Å². The number of carbonyl (C=O) groups excluding carboxylic acids is 3. The molecular formula is C11H18AlO4. The second-order valence-electron chi connectivity index (χ2n) is 5.51. The molecule has 0 bridgehead atoms. The van der Waals surface area contributed by atoms with Gasteiger partial charge in [-0.1, -0.05) is 20.8 Å². The van der Waals surface area contributed by atoms with Gasteiger partial charge in [0.25, 0.3) is 0 Å². The molecule has 0 spiro atoms. The zero-order chi connectivity index (χ0) is 12.4. The molecule has 5 heteroatoms. The van der Waals surface area contributed by atoms with Crippen LogP contribution in [0.3, 0.4) is 0 Å². The lowest BCUT2D eigenvalue weighted by atomic mass is 9.91. The largest absolute Gasteiger partial charge is 0.387 e. The normalized spacial score (nSPS) is 11.4. The molecule has 0 saturated heterocycles. The summed E-state index contributed by atoms with van der Waals surface area (Å²) in [5.74, 6) is -2.47. The third-order valence-corrected chi connectivity index (χ3v) is 1.66. The van der Waals surface area contributed by atoms with E-state index < -0.39 is 28.6 Å². The van der Waals surface area contributed by atoms with E-state index in [1.54, 1.807) is 41.5 Å². The molecule has 4 nitrogen and oxygen atoms in total. The van der Waals surface area contributed by atoms with Gasteiger partial charge in [-0.2, -0.15) is 0 Å². The summed E-state index contributed by atoms with van der Waals surface area (Å²) in [6.07, 6.45) is 0. The van der Waals surface area contributed by atoms with E-state index in [1.165, 1.54) is 0 Å². The molecule has 0 aliphatic heterocycles. The molecule has 0 rings (SSSR count). The molecule has 0 aliphatic carbocycles. The van der Waals surface area contributed by atoms with E-state index in [4.69, 9.17) is 0 Å². The smallest absolute Gasteiger partial charge is 0.382 e. The van der Waals surface area contributed by atoms with Crippen LogP contribution in [-0.2, 0) is 19.1 Å². The van der Waals surface area contributed by atoms with E-state index in [9.17, 15) is 14.4 Å². The topological polar surface area (TPSA) is 60.4 Å². The Morgan fingerprint density at radius 1 is 0.812 bits per heavy atom. The summed E-state index contributed by atoms with van der Waals surface area (Å²) in [7, 11) is 0. The zero-order valence-electron chi connectivity index (χ0n) is 10.7. The molecule has 0 unspecified atom stereocenters. The van der Waals surface area contributed by atoms with E-state index in [0.29, 0.717) is 0 Å². The van der Waals surface area contributed by atoms with Crippen molar-refractivity contribution < 1.29 is 19.1 Å². The van der Waals surface area contributed by atoms with E-state index in [1.807, 2.05) is 0 Å². The third kappa shape index (κ3) is 5.43. The Balaban J connectivity index is 0. The summed E-state index contributed by atoms with van der Waals surface area (Å²) in [4.78, 5) is 34.0. The molecule has 0 amide bonds. The fourth-order valence-corrected chi connectivity index (χ4v) is 0.590. The van der Waals surface area contributed by atoms with Gasteiger partial charge >= 0.3 is 11.9 Å². The minimum Gasteiger partial charge on any atom is -0.387 e. The lowest BCUT2D eigenvalue weighted by Gasteiger charge is -2.18. The van der Waals surface area contributed by atoms with Crippen molar-refractivity contribution in [1.29, 1.82) is 0 Å². The fourth-order valence-electron chi connectivity index (χ4n) is 0.590. The quantitative estimate of drug-likeness (QED) is 0.301. The molecule has 0 aromatic heterocycles. The molecule has 0 aromatic carbocycles. The van der Waals surface area contributed by atoms with Crippen molar-refractivity contribution in [2.45, 2.75) is 41.5 Å². The number of esters is 2. The summed E-state index contributed by atoms with van der Waals surface area (Å²) >= 11 is 0. The molecule has 0 aliphatic rings. The standard InChI is InChI=1S/C11H18O4.Al/c1-10(2,3)7(12)8(13)15-9(14)11(4,5)6;/h1-6H3;. The maximum atomic E-state index is 11.4. The Labute approximate surface area is 107 Å². The Kier molecular flexibility index (Phi) is 6.21. The van der Waals surface area contributed by atoms with Gasteiger partial charge in [-0.05, 0) is 20.8 Å². The summed E-state index contributed by atoms with van der Waals surface area (Å²) in [6, 6.07) is 0. The molecule has 0 heterocycles. The van der Waals surface area contributed by atoms with Crippen LogP contribution >= 0.6 is 0 Å². The van der Waals surface area contributed by atoms with Crippen LogP contribution < -0.4 is 0 Å². The highest BCUT2D eigenvalue weighted by Gasteiger charge is 2.34. The number of hydrogen-bond acceptors (Lipinski definition) is 4. The maximum Gasteiger partial charge on any atom is 0.382 e. The van der Waals surface area contributed by atoms with Crippen LogP contribution in [0.5, 0.6) is 0 Å².